The Labute approximate surface area is 522 Å². The number of nitrogens with zero attached hydrogens (tertiary/aromatic N) is 2. The monoisotopic (exact) mass is 1170 g/mol. The van der Waals surface area contributed by atoms with Gasteiger partial charge in [0.05, 0.1) is 33.6 Å². The Bertz CT molecular complexity index is 4440. The summed E-state index contributed by atoms with van der Waals surface area (Å²) in [5.74, 6) is 9.83. The maximum atomic E-state index is 16.3. The van der Waals surface area contributed by atoms with Gasteiger partial charge in [0, 0.05) is 65.3 Å². The first-order valence-corrected chi connectivity index (χ1v) is 29.8. The molecule has 2 heterocycles. The van der Waals surface area contributed by atoms with Crippen molar-refractivity contribution in [3.05, 3.63) is 224 Å². The summed E-state index contributed by atoms with van der Waals surface area (Å²) in [4.78, 5) is 67.7. The third kappa shape index (κ3) is 9.29. The second kappa shape index (κ2) is 22.3. The minimum atomic E-state index is -0.601. The van der Waals surface area contributed by atoms with Crippen molar-refractivity contribution in [2.45, 2.75) is 79.1 Å². The zero-order valence-corrected chi connectivity index (χ0v) is 50.8. The van der Waals surface area contributed by atoms with Gasteiger partial charge in [0.2, 0.25) is 0 Å². The number of anilines is 2. The molecule has 0 fully saturated rings. The minimum absolute atomic E-state index is 0.111. The number of ether oxygens (including phenoxy) is 4. The number of carbonyl (C=O) groups is 4. The third-order valence-corrected chi connectivity index (χ3v) is 17.0. The van der Waals surface area contributed by atoms with Crippen LogP contribution in [0.15, 0.2) is 158 Å². The summed E-state index contributed by atoms with van der Waals surface area (Å²) in [5.41, 5.74) is 7.08. The molecule has 10 nitrogen and oxygen atoms in total. The lowest BCUT2D eigenvalue weighted by molar-refractivity contribution is 0.0877. The second-order valence-electron chi connectivity index (χ2n) is 23.9. The molecule has 11 aromatic carbocycles. The Morgan fingerprint density at radius 2 is 0.511 bits per heavy atom. The van der Waals surface area contributed by atoms with Crippen LogP contribution in [0.1, 0.15) is 165 Å². The number of fused-ring (bicyclic) bond motifs is 2. The van der Waals surface area contributed by atoms with Gasteiger partial charge in [-0.2, -0.15) is 0 Å². The molecule has 0 saturated carbocycles. The van der Waals surface area contributed by atoms with Crippen molar-refractivity contribution in [1.82, 2.24) is 0 Å². The molecule has 0 saturated heterocycles. The van der Waals surface area contributed by atoms with Crippen LogP contribution in [0.25, 0.3) is 43.1 Å². The third-order valence-electron chi connectivity index (χ3n) is 17.0. The van der Waals surface area contributed by atoms with Crippen molar-refractivity contribution < 1.29 is 38.1 Å². The number of hydrogen-bond acceptors (Lipinski definition) is 8. The first kappa shape index (κ1) is 57.5. The van der Waals surface area contributed by atoms with Crippen molar-refractivity contribution in [3.63, 3.8) is 0 Å². The highest BCUT2D eigenvalue weighted by Gasteiger charge is 2.44. The summed E-state index contributed by atoms with van der Waals surface area (Å²) in [6.07, 6.45) is 23.6. The van der Waals surface area contributed by atoms with Gasteiger partial charge in [-0.25, -0.2) is 9.80 Å². The van der Waals surface area contributed by atoms with E-state index in [2.05, 4.69) is 23.7 Å². The molecule has 0 atom stereocenters. The zero-order valence-electron chi connectivity index (χ0n) is 50.8. The molecule has 0 bridgehead atoms. The van der Waals surface area contributed by atoms with Gasteiger partial charge in [-0.3, -0.25) is 19.2 Å². The van der Waals surface area contributed by atoms with Gasteiger partial charge in [0.15, 0.2) is 0 Å². The fourth-order valence-corrected chi connectivity index (χ4v) is 12.8. The summed E-state index contributed by atoms with van der Waals surface area (Å²) in [6.45, 7) is 16.2. The van der Waals surface area contributed by atoms with Crippen LogP contribution in [0.3, 0.4) is 0 Å². The Balaban J connectivity index is 1.27. The maximum absolute atomic E-state index is 16.3. The summed E-state index contributed by atoms with van der Waals surface area (Å²) < 4.78 is 28.8. The van der Waals surface area contributed by atoms with E-state index in [1.54, 1.807) is 121 Å². The summed E-state index contributed by atoms with van der Waals surface area (Å²) >= 11 is 0. The lowest BCUT2D eigenvalue weighted by Crippen LogP contribution is -2.42. The van der Waals surface area contributed by atoms with Crippen LogP contribution < -0.4 is 28.7 Å². The molecular formula is C80H58N2O8. The molecular weight excluding hydrogens is 1120 g/mol. The van der Waals surface area contributed by atoms with Crippen molar-refractivity contribution in [1.29, 1.82) is 0 Å². The molecule has 11 aromatic rings. The maximum Gasteiger partial charge on any atom is 0.266 e. The van der Waals surface area contributed by atoms with Crippen LogP contribution in [-0.2, 0) is 0 Å². The van der Waals surface area contributed by atoms with Crippen molar-refractivity contribution >= 4 is 78.1 Å². The molecule has 2 aliphatic rings. The highest BCUT2D eigenvalue weighted by molar-refractivity contribution is 6.48. The van der Waals surface area contributed by atoms with Crippen molar-refractivity contribution in [3.8, 4) is 95.4 Å². The minimum Gasteiger partial charge on any atom is -0.457 e. The molecule has 0 aliphatic carbocycles. The normalized spacial score (nSPS) is 12.8. The van der Waals surface area contributed by atoms with Gasteiger partial charge in [0.25, 0.3) is 23.6 Å². The average Bonchev–Trinajstić information content (AvgIpc) is 0.673. The Kier molecular flexibility index (Phi) is 14.3. The van der Waals surface area contributed by atoms with Crippen LogP contribution in [0.2, 0.25) is 0 Å². The Morgan fingerprint density at radius 1 is 0.300 bits per heavy atom. The number of hydrogen-bond donors (Lipinski definition) is 0. The molecule has 13 rings (SSSR count). The molecule has 2 aliphatic heterocycles. The first-order valence-electron chi connectivity index (χ1n) is 29.8. The van der Waals surface area contributed by atoms with E-state index in [9.17, 15) is 0 Å². The molecule has 0 spiro atoms. The van der Waals surface area contributed by atoms with Crippen LogP contribution in [0, 0.1) is 49.4 Å². The molecule has 436 valence electrons. The zero-order chi connectivity index (χ0) is 63.1. The predicted octanol–water partition coefficient (Wildman–Crippen LogP) is 18.9. The fourth-order valence-electron chi connectivity index (χ4n) is 12.8. The lowest BCUT2D eigenvalue weighted by Gasteiger charge is -2.35. The number of rotatable bonds is 14. The van der Waals surface area contributed by atoms with E-state index in [4.69, 9.17) is 44.6 Å². The average molecular weight is 1180 g/mol. The van der Waals surface area contributed by atoms with Gasteiger partial charge in [-0.1, -0.05) is 115 Å². The van der Waals surface area contributed by atoms with E-state index in [0.717, 1.165) is 22.3 Å². The SMILES string of the molecule is C#Cc1ccc(Oc2cc3c4c(cc(Oc5ccc(C#C)cc5)c5c6c(Oc7ccc(C#C)cc7)cc7c8c(cc(Oc9ccc(C#C)cc9)c(c2c45)c86)C(=O)N(c2c(C(C)C)cccc2C(C)C)C7=O)C(=O)N(c2c(C(C)C)cccc2C(C)C)C3=O)cc1. The molecule has 90 heavy (non-hydrogen) atoms. The Hall–Kier alpha value is -11.6. The van der Waals surface area contributed by atoms with Gasteiger partial charge < -0.3 is 18.9 Å². The molecule has 4 amide bonds. The van der Waals surface area contributed by atoms with Gasteiger partial charge in [-0.05, 0) is 167 Å². The van der Waals surface area contributed by atoms with Gasteiger partial charge >= 0.3 is 0 Å². The van der Waals surface area contributed by atoms with E-state index in [0.29, 0.717) is 88.9 Å². The number of carbonyl (C=O) groups excluding carboxylic acids is 4. The van der Waals surface area contributed by atoms with Gasteiger partial charge in [-0.15, -0.1) is 25.7 Å². The summed E-state index contributed by atoms with van der Waals surface area (Å²) in [6, 6.07) is 46.2. The largest absolute Gasteiger partial charge is 0.457 e. The molecule has 0 radical (unpaired) electrons. The quantitative estimate of drug-likeness (QED) is 0.0458. The molecule has 0 unspecified atom stereocenters. The molecule has 0 N–H and O–H groups in total. The lowest BCUT2D eigenvalue weighted by atomic mass is 9.80. The van der Waals surface area contributed by atoms with Crippen molar-refractivity contribution in [2.75, 3.05) is 9.80 Å². The van der Waals surface area contributed by atoms with Crippen LogP contribution in [0.4, 0.5) is 11.4 Å². The highest BCUT2D eigenvalue weighted by Crippen LogP contribution is 2.59. The van der Waals surface area contributed by atoms with Crippen LogP contribution in [-0.4, -0.2) is 23.6 Å². The van der Waals surface area contributed by atoms with Gasteiger partial charge in [0.1, 0.15) is 46.0 Å². The van der Waals surface area contributed by atoms with Crippen LogP contribution >= 0.6 is 0 Å². The number of terminal acetylenes is 4. The Morgan fingerprint density at radius 3 is 0.700 bits per heavy atom. The number of para-hydroxylation sites is 2. The smallest absolute Gasteiger partial charge is 0.266 e. The van der Waals surface area contributed by atoms with Crippen LogP contribution in [0.5, 0.6) is 46.0 Å². The van der Waals surface area contributed by atoms with E-state index < -0.39 is 23.6 Å². The van der Waals surface area contributed by atoms with E-state index in [1.165, 1.54) is 9.80 Å². The fraction of sp³-hybridized carbons (Fsp3) is 0.150. The summed E-state index contributed by atoms with van der Waals surface area (Å²) in [7, 11) is 0. The van der Waals surface area contributed by atoms with E-state index >= 15 is 19.2 Å². The standard InChI is InChI=1S/C80H58N2O8/c1-13-47-23-31-51(32-24-47)87-63-39-59-67-60(78(84)81(77(59)83)75-55(43(5)6)19-17-20-56(75)44(7)8)41-65(89-53-35-27-49(15-3)28-36-53)71-72-66(90-54-37-29-50(16-4)30-38-54)42-62-68-61(79(85)82(80(62)86)76-57(45(9)10)21-18-22-58(76)46(11)12)40-64(70(74(68)72)69(63)73(67)71)88-52-33-25-48(14-2)26-34-52/h1-4,17-46H,5-12H3. The molecule has 10 heteroatoms. The number of amides is 4. The first-order chi connectivity index (χ1) is 43.4. The predicted molar refractivity (Wildman–Crippen MR) is 357 cm³/mol. The van der Waals surface area contributed by atoms with Crippen molar-refractivity contribution in [2.24, 2.45) is 0 Å². The number of imide groups is 2. The highest BCUT2D eigenvalue weighted by atomic mass is 16.5. The van der Waals surface area contributed by atoms with E-state index in [1.807, 2.05) is 91.8 Å². The topological polar surface area (TPSA) is 112 Å². The second-order valence-corrected chi connectivity index (χ2v) is 23.9. The summed E-state index contributed by atoms with van der Waals surface area (Å²) in [5, 5.41) is 2.59. The number of benzene rings is 11. The van der Waals surface area contributed by atoms with E-state index in [-0.39, 0.29) is 79.7 Å². The molecule has 0 aromatic heterocycles.